The molecule has 138 valence electrons. The highest BCUT2D eigenvalue weighted by Crippen LogP contribution is 2.41. The van der Waals surface area contributed by atoms with Gasteiger partial charge in [0.05, 0.1) is 40.3 Å². The standard InChI is InChI=1S/C26H13N3O/c1-28-20-9-6-11-22(19(20)15-27)29-21-10-4-2-8-18(21)25-23(29)14-13-17-16-7-3-5-12-24(16)30-26(17)25/h2-14H. The zero-order valence-corrected chi connectivity index (χ0v) is 15.8. The van der Waals surface area contributed by atoms with Crippen LogP contribution in [-0.4, -0.2) is 4.57 Å². The Morgan fingerprint density at radius 1 is 0.800 bits per heavy atom. The van der Waals surface area contributed by atoms with Crippen LogP contribution in [0.5, 0.6) is 0 Å². The van der Waals surface area contributed by atoms with Gasteiger partial charge in [-0.3, -0.25) is 0 Å². The summed E-state index contributed by atoms with van der Waals surface area (Å²) in [6.45, 7) is 7.46. The molecule has 0 bridgehead atoms. The largest absolute Gasteiger partial charge is 0.455 e. The summed E-state index contributed by atoms with van der Waals surface area (Å²) in [7, 11) is 0. The fourth-order valence-corrected chi connectivity index (χ4v) is 4.42. The van der Waals surface area contributed by atoms with Crippen LogP contribution in [0.2, 0.25) is 0 Å². The van der Waals surface area contributed by atoms with Crippen molar-refractivity contribution in [1.82, 2.24) is 4.57 Å². The zero-order valence-electron chi connectivity index (χ0n) is 15.8. The number of rotatable bonds is 1. The van der Waals surface area contributed by atoms with Crippen LogP contribution in [0, 0.1) is 17.9 Å². The van der Waals surface area contributed by atoms with E-state index in [-0.39, 0.29) is 0 Å². The molecule has 6 rings (SSSR count). The van der Waals surface area contributed by atoms with Crippen molar-refractivity contribution in [3.05, 3.63) is 95.8 Å². The quantitative estimate of drug-likeness (QED) is 0.284. The number of aromatic nitrogens is 1. The van der Waals surface area contributed by atoms with Crippen molar-refractivity contribution < 1.29 is 4.42 Å². The van der Waals surface area contributed by atoms with Gasteiger partial charge in [-0.05, 0) is 30.3 Å². The van der Waals surface area contributed by atoms with Crippen LogP contribution >= 0.6 is 0 Å². The van der Waals surface area contributed by atoms with Crippen molar-refractivity contribution in [2.45, 2.75) is 0 Å². The molecule has 2 heterocycles. The zero-order chi connectivity index (χ0) is 20.2. The fourth-order valence-electron chi connectivity index (χ4n) is 4.42. The average molecular weight is 383 g/mol. The third kappa shape index (κ3) is 2.02. The van der Waals surface area contributed by atoms with Crippen LogP contribution in [-0.2, 0) is 0 Å². The minimum atomic E-state index is 0.353. The Labute approximate surface area is 171 Å². The molecule has 0 saturated carbocycles. The number of hydrogen-bond donors (Lipinski definition) is 0. The lowest BCUT2D eigenvalue weighted by Gasteiger charge is -2.10. The first-order valence-corrected chi connectivity index (χ1v) is 9.56. The molecule has 0 N–H and O–H groups in total. The van der Waals surface area contributed by atoms with Crippen LogP contribution in [0.1, 0.15) is 5.56 Å². The number of furan rings is 1. The summed E-state index contributed by atoms with van der Waals surface area (Å²) in [4.78, 5) is 3.55. The van der Waals surface area contributed by atoms with E-state index in [1.54, 1.807) is 6.07 Å². The fraction of sp³-hybridized carbons (Fsp3) is 0. The van der Waals surface area contributed by atoms with E-state index in [1.807, 2.05) is 48.5 Å². The number of nitrogens with zero attached hydrogens (tertiary/aromatic N) is 3. The van der Waals surface area contributed by atoms with Crippen molar-refractivity contribution in [2.24, 2.45) is 0 Å². The van der Waals surface area contributed by atoms with E-state index in [4.69, 9.17) is 11.0 Å². The Balaban J connectivity index is 1.86. The van der Waals surface area contributed by atoms with Gasteiger partial charge in [-0.1, -0.05) is 48.5 Å². The highest BCUT2D eigenvalue weighted by atomic mass is 16.3. The molecule has 30 heavy (non-hydrogen) atoms. The molecule has 0 amide bonds. The van der Waals surface area contributed by atoms with Crippen molar-refractivity contribution in [3.8, 4) is 11.8 Å². The number of nitriles is 1. The molecule has 4 heteroatoms. The molecule has 0 aliphatic carbocycles. The van der Waals surface area contributed by atoms with Crippen molar-refractivity contribution >= 4 is 49.4 Å². The Morgan fingerprint density at radius 2 is 1.60 bits per heavy atom. The summed E-state index contributed by atoms with van der Waals surface area (Å²) in [6, 6.07) is 27.9. The Hall–Kier alpha value is -4.54. The summed E-state index contributed by atoms with van der Waals surface area (Å²) in [6.07, 6.45) is 0. The van der Waals surface area contributed by atoms with E-state index in [1.165, 1.54) is 0 Å². The molecule has 0 unspecified atom stereocenters. The molecule has 0 radical (unpaired) electrons. The van der Waals surface area contributed by atoms with E-state index in [0.717, 1.165) is 43.7 Å². The van der Waals surface area contributed by atoms with Crippen LogP contribution < -0.4 is 0 Å². The lowest BCUT2D eigenvalue weighted by atomic mass is 10.1. The van der Waals surface area contributed by atoms with Crippen LogP contribution in [0.15, 0.2) is 83.3 Å². The molecule has 0 saturated heterocycles. The normalized spacial score (nSPS) is 11.3. The summed E-state index contributed by atoms with van der Waals surface area (Å²) < 4.78 is 8.36. The van der Waals surface area contributed by atoms with Gasteiger partial charge in [0.1, 0.15) is 11.2 Å². The van der Waals surface area contributed by atoms with E-state index >= 15 is 0 Å². The second-order valence-electron chi connectivity index (χ2n) is 7.18. The lowest BCUT2D eigenvalue weighted by Crippen LogP contribution is -1.97. The molecule has 4 aromatic carbocycles. The summed E-state index contributed by atoms with van der Waals surface area (Å²) in [5, 5.41) is 14.0. The molecule has 6 aromatic rings. The van der Waals surface area contributed by atoms with E-state index in [9.17, 15) is 5.26 Å². The number of benzene rings is 4. The first-order chi connectivity index (χ1) is 14.8. The average Bonchev–Trinajstić information content (AvgIpc) is 3.34. The summed E-state index contributed by atoms with van der Waals surface area (Å²) in [5.74, 6) is 0. The van der Waals surface area contributed by atoms with Crippen LogP contribution in [0.25, 0.3) is 54.3 Å². The second kappa shape index (κ2) is 5.98. The van der Waals surface area contributed by atoms with Crippen molar-refractivity contribution in [1.29, 1.82) is 5.26 Å². The third-order valence-electron chi connectivity index (χ3n) is 5.67. The maximum atomic E-state index is 9.82. The predicted molar refractivity (Wildman–Crippen MR) is 119 cm³/mol. The highest BCUT2D eigenvalue weighted by molar-refractivity contribution is 6.23. The topological polar surface area (TPSA) is 46.2 Å². The SMILES string of the molecule is [C-]#[N+]c1cccc(-n2c3ccccc3c3c4oc5ccccc5c4ccc32)c1C#N. The van der Waals surface area contributed by atoms with Gasteiger partial charge in [0.15, 0.2) is 0 Å². The highest BCUT2D eigenvalue weighted by Gasteiger charge is 2.20. The van der Waals surface area contributed by atoms with E-state index in [0.29, 0.717) is 16.9 Å². The molecular weight excluding hydrogens is 370 g/mol. The minimum absolute atomic E-state index is 0.353. The van der Waals surface area contributed by atoms with Crippen molar-refractivity contribution in [2.75, 3.05) is 0 Å². The molecule has 0 atom stereocenters. The Kier molecular flexibility index (Phi) is 3.27. The molecule has 4 nitrogen and oxygen atoms in total. The maximum Gasteiger partial charge on any atom is 0.206 e. The summed E-state index contributed by atoms with van der Waals surface area (Å²) in [5.41, 5.74) is 5.03. The number of fused-ring (bicyclic) bond motifs is 7. The maximum absolute atomic E-state index is 9.82. The molecule has 0 aliphatic heterocycles. The third-order valence-corrected chi connectivity index (χ3v) is 5.67. The summed E-state index contributed by atoms with van der Waals surface area (Å²) >= 11 is 0. The van der Waals surface area contributed by atoms with Gasteiger partial charge in [0.2, 0.25) is 5.69 Å². The van der Waals surface area contributed by atoms with Gasteiger partial charge in [-0.15, -0.1) is 0 Å². The number of hydrogen-bond acceptors (Lipinski definition) is 2. The van der Waals surface area contributed by atoms with E-state index in [2.05, 4.69) is 39.7 Å². The Morgan fingerprint density at radius 3 is 2.43 bits per heavy atom. The minimum Gasteiger partial charge on any atom is -0.455 e. The van der Waals surface area contributed by atoms with Gasteiger partial charge in [0, 0.05) is 16.2 Å². The van der Waals surface area contributed by atoms with Gasteiger partial charge >= 0.3 is 0 Å². The number of para-hydroxylation sites is 2. The predicted octanol–water partition coefficient (Wildman–Crippen LogP) is 7.11. The monoisotopic (exact) mass is 383 g/mol. The van der Waals surface area contributed by atoms with Gasteiger partial charge in [-0.2, -0.15) is 5.26 Å². The first-order valence-electron chi connectivity index (χ1n) is 9.56. The molecule has 0 aliphatic rings. The van der Waals surface area contributed by atoms with Crippen LogP contribution in [0.3, 0.4) is 0 Å². The van der Waals surface area contributed by atoms with Crippen molar-refractivity contribution in [3.63, 3.8) is 0 Å². The van der Waals surface area contributed by atoms with Gasteiger partial charge in [-0.25, -0.2) is 4.85 Å². The van der Waals surface area contributed by atoms with Crippen LogP contribution in [0.4, 0.5) is 5.69 Å². The van der Waals surface area contributed by atoms with Gasteiger partial charge in [0.25, 0.3) is 0 Å². The molecular formula is C26H13N3O. The molecule has 0 spiro atoms. The Bertz CT molecular complexity index is 1720. The second-order valence-corrected chi connectivity index (χ2v) is 7.18. The van der Waals surface area contributed by atoms with Gasteiger partial charge < -0.3 is 8.98 Å². The lowest BCUT2D eigenvalue weighted by molar-refractivity contribution is 0.673. The molecule has 0 fully saturated rings. The smallest absolute Gasteiger partial charge is 0.206 e. The molecule has 2 aromatic heterocycles. The van der Waals surface area contributed by atoms with E-state index < -0.39 is 0 Å². The first kappa shape index (κ1) is 16.4.